The van der Waals surface area contributed by atoms with Crippen LogP contribution in [0.15, 0.2) is 18.2 Å². The van der Waals surface area contributed by atoms with Crippen molar-refractivity contribution in [1.82, 2.24) is 5.32 Å². The number of aryl methyl sites for hydroxylation is 2. The number of thiol groups is 1. The monoisotopic (exact) mass is 252 g/mol. The first kappa shape index (κ1) is 13.6. The van der Waals surface area contributed by atoms with Crippen LogP contribution in [0.2, 0.25) is 0 Å². The van der Waals surface area contributed by atoms with Gasteiger partial charge in [0.25, 0.3) is 0 Å². The molecule has 1 rings (SSSR count). The van der Waals surface area contributed by atoms with E-state index in [1.165, 1.54) is 0 Å². The molecule has 92 valence electrons. The number of imide groups is 1. The molecule has 0 saturated carbocycles. The van der Waals surface area contributed by atoms with Crippen LogP contribution in [0.5, 0.6) is 0 Å². The maximum atomic E-state index is 11.7. The predicted octanol–water partition coefficient (Wildman–Crippen LogP) is 2.60. The lowest BCUT2D eigenvalue weighted by atomic mass is 10.1. The van der Waals surface area contributed by atoms with Crippen LogP contribution in [0.1, 0.15) is 24.5 Å². The number of amides is 3. The average molecular weight is 252 g/mol. The molecule has 5 heteroatoms. The van der Waals surface area contributed by atoms with E-state index in [4.69, 9.17) is 0 Å². The topological polar surface area (TPSA) is 49.4 Å². The van der Waals surface area contributed by atoms with Crippen molar-refractivity contribution in [3.63, 3.8) is 0 Å². The van der Waals surface area contributed by atoms with Crippen LogP contribution < -0.4 is 9.62 Å². The van der Waals surface area contributed by atoms with Crippen molar-refractivity contribution in [2.45, 2.75) is 27.2 Å². The van der Waals surface area contributed by atoms with Gasteiger partial charge in [0.2, 0.25) is 5.91 Å². The molecular weight excluding hydrogens is 236 g/mol. The van der Waals surface area contributed by atoms with Crippen molar-refractivity contribution >= 4 is 30.4 Å². The number of nitrogens with zero attached hydrogens (tertiary/aromatic N) is 1. The first-order chi connectivity index (χ1) is 7.97. The van der Waals surface area contributed by atoms with Crippen molar-refractivity contribution in [2.24, 2.45) is 0 Å². The van der Waals surface area contributed by atoms with Crippen LogP contribution in [-0.4, -0.2) is 11.9 Å². The summed E-state index contributed by atoms with van der Waals surface area (Å²) in [6.07, 6.45) is 0.264. The lowest BCUT2D eigenvalue weighted by Crippen LogP contribution is -2.38. The van der Waals surface area contributed by atoms with Gasteiger partial charge in [0.1, 0.15) is 0 Å². The Bertz CT molecular complexity index is 426. The molecule has 0 heterocycles. The number of carbonyl (C=O) groups excluding carboxylic acids is 2. The molecule has 17 heavy (non-hydrogen) atoms. The largest absolute Gasteiger partial charge is 0.338 e. The molecule has 1 N–H and O–H groups in total. The molecular formula is C12H16N2O2S. The number of hydrogen-bond acceptors (Lipinski definition) is 3. The van der Waals surface area contributed by atoms with Gasteiger partial charge in [-0.2, -0.15) is 0 Å². The standard InChI is InChI=1S/C12H16N2O2S/c1-4-10(15)13-12(16)14(17)11-8(2)6-5-7-9(11)3/h5-7,17H,4H2,1-3H3,(H,13,15,16). The first-order valence-electron chi connectivity index (χ1n) is 5.36. The third kappa shape index (κ3) is 3.23. The van der Waals surface area contributed by atoms with Gasteiger partial charge < -0.3 is 0 Å². The Kier molecular flexibility index (Phi) is 4.57. The molecule has 3 amide bonds. The van der Waals surface area contributed by atoms with E-state index < -0.39 is 6.03 Å². The summed E-state index contributed by atoms with van der Waals surface area (Å²) in [6, 6.07) is 5.16. The Morgan fingerprint density at radius 2 is 1.82 bits per heavy atom. The number of rotatable bonds is 2. The molecule has 0 bridgehead atoms. The van der Waals surface area contributed by atoms with Crippen LogP contribution in [0.4, 0.5) is 10.5 Å². The SMILES string of the molecule is CCC(=O)NC(=O)N(S)c1c(C)cccc1C. The second-order valence-corrected chi connectivity index (χ2v) is 4.16. The minimum absolute atomic E-state index is 0.264. The highest BCUT2D eigenvalue weighted by Gasteiger charge is 2.17. The summed E-state index contributed by atoms with van der Waals surface area (Å²) in [4.78, 5) is 22.9. The zero-order valence-electron chi connectivity index (χ0n) is 10.2. The van der Waals surface area contributed by atoms with E-state index in [9.17, 15) is 9.59 Å². The lowest BCUT2D eigenvalue weighted by molar-refractivity contribution is -0.119. The quantitative estimate of drug-likeness (QED) is 0.795. The zero-order valence-corrected chi connectivity index (χ0v) is 11.0. The Hall–Kier alpha value is -1.49. The zero-order chi connectivity index (χ0) is 13.0. The van der Waals surface area contributed by atoms with Crippen molar-refractivity contribution < 1.29 is 9.59 Å². The van der Waals surface area contributed by atoms with Gasteiger partial charge in [-0.05, 0) is 25.0 Å². The first-order valence-corrected chi connectivity index (χ1v) is 5.76. The van der Waals surface area contributed by atoms with Crippen LogP contribution in [0, 0.1) is 13.8 Å². The molecule has 0 spiro atoms. The molecule has 0 aliphatic carbocycles. The number of anilines is 1. The summed E-state index contributed by atoms with van der Waals surface area (Å²) < 4.78 is 1.16. The van der Waals surface area contributed by atoms with Crippen LogP contribution in [-0.2, 0) is 4.79 Å². The van der Waals surface area contributed by atoms with E-state index in [-0.39, 0.29) is 12.3 Å². The molecule has 0 radical (unpaired) electrons. The second kappa shape index (κ2) is 5.72. The summed E-state index contributed by atoms with van der Waals surface area (Å²) in [5, 5.41) is 2.25. The van der Waals surface area contributed by atoms with Crippen molar-refractivity contribution in [3.05, 3.63) is 29.3 Å². The molecule has 0 atom stereocenters. The van der Waals surface area contributed by atoms with Crippen molar-refractivity contribution in [3.8, 4) is 0 Å². The van der Waals surface area contributed by atoms with Gasteiger partial charge in [0.15, 0.2) is 0 Å². The number of hydrogen-bond donors (Lipinski definition) is 2. The molecule has 1 aromatic rings. The number of benzene rings is 1. The highest BCUT2D eigenvalue weighted by molar-refractivity contribution is 7.82. The highest BCUT2D eigenvalue weighted by atomic mass is 32.1. The number of urea groups is 1. The van der Waals surface area contributed by atoms with Gasteiger partial charge in [0.05, 0.1) is 5.69 Å². The van der Waals surface area contributed by atoms with Crippen LogP contribution in [0.3, 0.4) is 0 Å². The normalized spacial score (nSPS) is 9.88. The van der Waals surface area contributed by atoms with Gasteiger partial charge in [-0.25, -0.2) is 9.10 Å². The maximum Gasteiger partial charge on any atom is 0.338 e. The number of nitrogens with one attached hydrogen (secondary N) is 1. The molecule has 0 aliphatic heterocycles. The van der Waals surface area contributed by atoms with Crippen LogP contribution >= 0.6 is 12.8 Å². The minimum atomic E-state index is -0.530. The predicted molar refractivity (Wildman–Crippen MR) is 71.2 cm³/mol. The molecule has 0 aliphatic rings. The molecule has 0 aromatic heterocycles. The van der Waals surface area contributed by atoms with Crippen molar-refractivity contribution in [1.29, 1.82) is 0 Å². The van der Waals surface area contributed by atoms with Gasteiger partial charge in [0, 0.05) is 6.42 Å². The summed E-state index contributed by atoms with van der Waals surface area (Å²) in [5.41, 5.74) is 2.57. The Morgan fingerprint density at radius 1 is 1.29 bits per heavy atom. The molecule has 1 aromatic carbocycles. The van der Waals surface area contributed by atoms with E-state index in [0.29, 0.717) is 5.69 Å². The summed E-state index contributed by atoms with van der Waals surface area (Å²) in [7, 11) is 0. The van der Waals surface area contributed by atoms with Crippen LogP contribution in [0.25, 0.3) is 0 Å². The number of para-hydroxylation sites is 1. The molecule has 0 saturated heterocycles. The average Bonchev–Trinajstić information content (AvgIpc) is 2.28. The molecule has 0 unspecified atom stereocenters. The van der Waals surface area contributed by atoms with Gasteiger partial charge in [-0.15, -0.1) is 0 Å². The van der Waals surface area contributed by atoms with Gasteiger partial charge in [-0.3, -0.25) is 10.1 Å². The summed E-state index contributed by atoms with van der Waals surface area (Å²) in [5.74, 6) is -0.319. The summed E-state index contributed by atoms with van der Waals surface area (Å²) >= 11 is 4.14. The number of carbonyl (C=O) groups is 2. The molecule has 4 nitrogen and oxygen atoms in total. The third-order valence-corrected chi connectivity index (χ3v) is 2.79. The second-order valence-electron chi connectivity index (χ2n) is 3.76. The van der Waals surface area contributed by atoms with E-state index in [1.54, 1.807) is 6.92 Å². The summed E-state index contributed by atoms with van der Waals surface area (Å²) in [6.45, 7) is 5.46. The minimum Gasteiger partial charge on any atom is -0.277 e. The Labute approximate surface area is 107 Å². The fourth-order valence-corrected chi connectivity index (χ4v) is 1.87. The van der Waals surface area contributed by atoms with E-state index >= 15 is 0 Å². The molecule has 0 fully saturated rings. The van der Waals surface area contributed by atoms with Crippen molar-refractivity contribution in [2.75, 3.05) is 4.31 Å². The van der Waals surface area contributed by atoms with Gasteiger partial charge in [-0.1, -0.05) is 37.9 Å². The van der Waals surface area contributed by atoms with E-state index in [0.717, 1.165) is 15.4 Å². The fraction of sp³-hybridized carbons (Fsp3) is 0.333. The lowest BCUT2D eigenvalue weighted by Gasteiger charge is -2.20. The highest BCUT2D eigenvalue weighted by Crippen LogP contribution is 2.25. The van der Waals surface area contributed by atoms with E-state index in [1.807, 2.05) is 32.0 Å². The Balaban J connectivity index is 2.93. The van der Waals surface area contributed by atoms with E-state index in [2.05, 4.69) is 18.1 Å². The maximum absolute atomic E-state index is 11.7. The fourth-order valence-electron chi connectivity index (χ4n) is 1.50. The smallest absolute Gasteiger partial charge is 0.277 e. The van der Waals surface area contributed by atoms with Gasteiger partial charge >= 0.3 is 6.03 Å². The third-order valence-electron chi connectivity index (χ3n) is 2.41. The Morgan fingerprint density at radius 3 is 2.29 bits per heavy atom.